The standard InChI is InChI=1S/C16H28O2/c1-11-6-7-13(17)16(4)9-8-12(14(11)16)10-15(2,3)18-5/h12-14,17H,1,6-10H2,2-5H3. The Kier molecular flexibility index (Phi) is 3.63. The van der Waals surface area contributed by atoms with E-state index < -0.39 is 0 Å². The lowest BCUT2D eigenvalue weighted by molar-refractivity contribution is -0.0313. The zero-order valence-corrected chi connectivity index (χ0v) is 12.3. The van der Waals surface area contributed by atoms with Crippen LogP contribution in [-0.2, 0) is 4.74 Å². The van der Waals surface area contributed by atoms with E-state index >= 15 is 0 Å². The minimum Gasteiger partial charge on any atom is -0.393 e. The number of ether oxygens (including phenoxy) is 1. The Bertz CT molecular complexity index is 334. The number of fused-ring (bicyclic) bond motifs is 1. The quantitative estimate of drug-likeness (QED) is 0.778. The van der Waals surface area contributed by atoms with E-state index in [0.717, 1.165) is 25.7 Å². The molecule has 2 heteroatoms. The lowest BCUT2D eigenvalue weighted by Crippen LogP contribution is -2.43. The van der Waals surface area contributed by atoms with Crippen molar-refractivity contribution in [1.82, 2.24) is 0 Å². The number of rotatable bonds is 3. The third kappa shape index (κ3) is 2.25. The summed E-state index contributed by atoms with van der Waals surface area (Å²) in [5.74, 6) is 1.10. The van der Waals surface area contributed by atoms with Crippen LogP contribution in [-0.4, -0.2) is 23.9 Å². The Morgan fingerprint density at radius 2 is 2.11 bits per heavy atom. The normalized spacial score (nSPS) is 40.9. The zero-order chi connectivity index (χ0) is 13.6. The summed E-state index contributed by atoms with van der Waals surface area (Å²) in [6.07, 6.45) is 5.13. The number of hydrogen-bond donors (Lipinski definition) is 1. The number of hydrogen-bond acceptors (Lipinski definition) is 2. The zero-order valence-electron chi connectivity index (χ0n) is 12.3. The average molecular weight is 252 g/mol. The second kappa shape index (κ2) is 4.64. The van der Waals surface area contributed by atoms with Gasteiger partial charge in [0.25, 0.3) is 0 Å². The number of aliphatic hydroxyl groups is 1. The highest BCUT2D eigenvalue weighted by Gasteiger charge is 2.53. The van der Waals surface area contributed by atoms with Gasteiger partial charge in [-0.3, -0.25) is 0 Å². The van der Waals surface area contributed by atoms with Crippen LogP contribution in [0.15, 0.2) is 12.2 Å². The third-order valence-corrected chi connectivity index (χ3v) is 5.48. The molecule has 0 spiro atoms. The summed E-state index contributed by atoms with van der Waals surface area (Å²) >= 11 is 0. The SMILES string of the molecule is C=C1CCC(O)C2(C)CCC(CC(C)(C)OC)C12. The van der Waals surface area contributed by atoms with E-state index in [1.165, 1.54) is 12.0 Å². The summed E-state index contributed by atoms with van der Waals surface area (Å²) in [6.45, 7) is 10.9. The molecule has 104 valence electrons. The molecule has 2 saturated carbocycles. The molecule has 2 fully saturated rings. The molecule has 4 unspecified atom stereocenters. The molecule has 0 radical (unpaired) electrons. The third-order valence-electron chi connectivity index (χ3n) is 5.48. The summed E-state index contributed by atoms with van der Waals surface area (Å²) in [4.78, 5) is 0. The number of allylic oxidation sites excluding steroid dienone is 1. The molecule has 0 aromatic heterocycles. The molecule has 0 amide bonds. The minimum absolute atomic E-state index is 0.0593. The smallest absolute Gasteiger partial charge is 0.0625 e. The van der Waals surface area contributed by atoms with Gasteiger partial charge in [-0.15, -0.1) is 0 Å². The van der Waals surface area contributed by atoms with E-state index in [4.69, 9.17) is 4.74 Å². The number of aliphatic hydroxyl groups excluding tert-OH is 1. The van der Waals surface area contributed by atoms with Crippen molar-refractivity contribution >= 4 is 0 Å². The van der Waals surface area contributed by atoms with Crippen LogP contribution in [0.2, 0.25) is 0 Å². The maximum absolute atomic E-state index is 10.4. The fraction of sp³-hybridized carbons (Fsp3) is 0.875. The molecule has 0 aromatic carbocycles. The highest BCUT2D eigenvalue weighted by molar-refractivity contribution is 5.18. The van der Waals surface area contributed by atoms with Crippen LogP contribution in [0, 0.1) is 17.3 Å². The molecule has 2 aliphatic carbocycles. The first-order chi connectivity index (χ1) is 8.30. The second-order valence-electron chi connectivity index (χ2n) is 7.16. The summed E-state index contributed by atoms with van der Waals surface area (Å²) < 4.78 is 5.58. The summed E-state index contributed by atoms with van der Waals surface area (Å²) in [5.41, 5.74) is 1.35. The Balaban J connectivity index is 2.18. The monoisotopic (exact) mass is 252 g/mol. The van der Waals surface area contributed by atoms with E-state index in [-0.39, 0.29) is 17.1 Å². The van der Waals surface area contributed by atoms with E-state index in [1.807, 2.05) is 0 Å². The lowest BCUT2D eigenvalue weighted by atomic mass is 9.63. The van der Waals surface area contributed by atoms with Crippen LogP contribution < -0.4 is 0 Å². The van der Waals surface area contributed by atoms with Gasteiger partial charge in [-0.05, 0) is 57.8 Å². The summed E-state index contributed by atoms with van der Waals surface area (Å²) in [6, 6.07) is 0. The molecule has 2 rings (SSSR count). The first-order valence-electron chi connectivity index (χ1n) is 7.21. The minimum atomic E-state index is -0.149. The van der Waals surface area contributed by atoms with Crippen LogP contribution in [0.4, 0.5) is 0 Å². The van der Waals surface area contributed by atoms with Gasteiger partial charge in [0.2, 0.25) is 0 Å². The van der Waals surface area contributed by atoms with Crippen molar-refractivity contribution in [3.63, 3.8) is 0 Å². The van der Waals surface area contributed by atoms with E-state index in [0.29, 0.717) is 11.8 Å². The van der Waals surface area contributed by atoms with Crippen molar-refractivity contribution in [1.29, 1.82) is 0 Å². The van der Waals surface area contributed by atoms with Crippen LogP contribution in [0.1, 0.15) is 52.9 Å². The summed E-state index contributed by atoms with van der Waals surface area (Å²) in [7, 11) is 1.79. The predicted octanol–water partition coefficient (Wildman–Crippen LogP) is 3.54. The molecule has 2 aliphatic rings. The molecule has 1 N–H and O–H groups in total. The van der Waals surface area contributed by atoms with E-state index in [1.54, 1.807) is 7.11 Å². The van der Waals surface area contributed by atoms with Gasteiger partial charge in [-0.25, -0.2) is 0 Å². The second-order valence-corrected chi connectivity index (χ2v) is 7.16. The average Bonchev–Trinajstić information content (AvgIpc) is 2.63. The molecule has 4 atom stereocenters. The molecule has 0 aliphatic heterocycles. The van der Waals surface area contributed by atoms with Crippen molar-refractivity contribution in [2.75, 3.05) is 7.11 Å². The topological polar surface area (TPSA) is 29.5 Å². The van der Waals surface area contributed by atoms with Gasteiger partial charge < -0.3 is 9.84 Å². The summed E-state index contributed by atoms with van der Waals surface area (Å²) in [5, 5.41) is 10.4. The highest BCUT2D eigenvalue weighted by atomic mass is 16.5. The van der Waals surface area contributed by atoms with Gasteiger partial charge >= 0.3 is 0 Å². The van der Waals surface area contributed by atoms with Gasteiger partial charge in [0, 0.05) is 12.5 Å². The largest absolute Gasteiger partial charge is 0.393 e. The predicted molar refractivity (Wildman–Crippen MR) is 74.4 cm³/mol. The lowest BCUT2D eigenvalue weighted by Gasteiger charge is -2.44. The van der Waals surface area contributed by atoms with Gasteiger partial charge in [-0.1, -0.05) is 19.1 Å². The molecule has 0 aromatic rings. The van der Waals surface area contributed by atoms with Crippen molar-refractivity contribution in [2.45, 2.75) is 64.6 Å². The van der Waals surface area contributed by atoms with Crippen molar-refractivity contribution in [3.05, 3.63) is 12.2 Å². The van der Waals surface area contributed by atoms with Crippen molar-refractivity contribution in [2.24, 2.45) is 17.3 Å². The molecular weight excluding hydrogens is 224 g/mol. The van der Waals surface area contributed by atoms with E-state index in [2.05, 4.69) is 27.4 Å². The Morgan fingerprint density at radius 3 is 2.72 bits per heavy atom. The maximum Gasteiger partial charge on any atom is 0.0625 e. The molecule has 0 bridgehead atoms. The molecule has 0 heterocycles. The van der Waals surface area contributed by atoms with Crippen LogP contribution in [0.3, 0.4) is 0 Å². The maximum atomic E-state index is 10.4. The highest BCUT2D eigenvalue weighted by Crippen LogP contribution is 2.58. The van der Waals surface area contributed by atoms with Crippen LogP contribution in [0.5, 0.6) is 0 Å². The van der Waals surface area contributed by atoms with Crippen LogP contribution in [0.25, 0.3) is 0 Å². The first-order valence-corrected chi connectivity index (χ1v) is 7.21. The van der Waals surface area contributed by atoms with Crippen LogP contribution >= 0.6 is 0 Å². The van der Waals surface area contributed by atoms with Crippen molar-refractivity contribution < 1.29 is 9.84 Å². The first kappa shape index (κ1) is 14.1. The fourth-order valence-corrected chi connectivity index (χ4v) is 4.27. The van der Waals surface area contributed by atoms with Crippen molar-refractivity contribution in [3.8, 4) is 0 Å². The van der Waals surface area contributed by atoms with Gasteiger partial charge in [-0.2, -0.15) is 0 Å². The number of methoxy groups -OCH3 is 1. The van der Waals surface area contributed by atoms with E-state index in [9.17, 15) is 5.11 Å². The van der Waals surface area contributed by atoms with Gasteiger partial charge in [0.05, 0.1) is 11.7 Å². The van der Waals surface area contributed by atoms with Gasteiger partial charge in [0.15, 0.2) is 0 Å². The van der Waals surface area contributed by atoms with Gasteiger partial charge in [0.1, 0.15) is 0 Å². The molecule has 18 heavy (non-hydrogen) atoms. The fourth-order valence-electron chi connectivity index (χ4n) is 4.27. The molecule has 2 nitrogen and oxygen atoms in total. The molecular formula is C16H28O2. The Hall–Kier alpha value is -0.340. The molecule has 0 saturated heterocycles. The Labute approximate surface area is 111 Å². The Morgan fingerprint density at radius 1 is 1.44 bits per heavy atom.